The van der Waals surface area contributed by atoms with Crippen LogP contribution in [0.5, 0.6) is 0 Å². The number of carbonyl (C=O) groups excluding carboxylic acids is 1. The highest BCUT2D eigenvalue weighted by Crippen LogP contribution is 2.31. The first-order valence-electron chi connectivity index (χ1n) is 9.64. The van der Waals surface area contributed by atoms with Crippen LogP contribution in [-0.4, -0.2) is 43.8 Å². The van der Waals surface area contributed by atoms with E-state index >= 15 is 0 Å². The quantitative estimate of drug-likeness (QED) is 0.743. The summed E-state index contributed by atoms with van der Waals surface area (Å²) in [6, 6.07) is 17.4. The van der Waals surface area contributed by atoms with Gasteiger partial charge in [-0.15, -0.1) is 0 Å². The Morgan fingerprint density at radius 1 is 1.07 bits per heavy atom. The summed E-state index contributed by atoms with van der Waals surface area (Å²) in [6.07, 6.45) is 4.34. The zero-order chi connectivity index (χ0) is 19.3. The van der Waals surface area contributed by atoms with Crippen molar-refractivity contribution in [3.63, 3.8) is 0 Å². The standard InChI is InChI=1S/C22H24N4O2/c27-21(18-4-2-1-3-5-18)19-10-12-25(13-11-19)22(28)20-8-6-17(7-9-20)14-26-16-23-15-24-26/h1-9,15-16,19,21,27H,10-14H2. The van der Waals surface area contributed by atoms with Gasteiger partial charge in [0.05, 0.1) is 12.6 Å². The normalized spacial score (nSPS) is 16.1. The molecule has 1 N–H and O–H groups in total. The molecule has 1 atom stereocenters. The molecule has 1 unspecified atom stereocenters. The average molecular weight is 376 g/mol. The summed E-state index contributed by atoms with van der Waals surface area (Å²) in [7, 11) is 0. The van der Waals surface area contributed by atoms with Crippen molar-refractivity contribution in [3.05, 3.63) is 83.9 Å². The van der Waals surface area contributed by atoms with Crippen LogP contribution in [0.3, 0.4) is 0 Å². The number of piperidine rings is 1. The Morgan fingerprint density at radius 3 is 2.43 bits per heavy atom. The third kappa shape index (κ3) is 4.12. The summed E-state index contributed by atoms with van der Waals surface area (Å²) in [5, 5.41) is 14.7. The fourth-order valence-corrected chi connectivity index (χ4v) is 3.78. The van der Waals surface area contributed by atoms with Crippen LogP contribution in [-0.2, 0) is 6.54 Å². The molecule has 6 nitrogen and oxygen atoms in total. The van der Waals surface area contributed by atoms with E-state index in [-0.39, 0.29) is 11.8 Å². The molecule has 0 aliphatic carbocycles. The second-order valence-corrected chi connectivity index (χ2v) is 7.28. The molecule has 0 radical (unpaired) electrons. The molecule has 2 aromatic carbocycles. The Balaban J connectivity index is 1.33. The number of benzene rings is 2. The lowest BCUT2D eigenvalue weighted by Gasteiger charge is -2.34. The molecule has 1 fully saturated rings. The van der Waals surface area contributed by atoms with Gasteiger partial charge in [-0.25, -0.2) is 9.67 Å². The van der Waals surface area contributed by atoms with Crippen molar-refractivity contribution >= 4 is 5.91 Å². The Kier molecular flexibility index (Phi) is 5.48. The van der Waals surface area contributed by atoms with Gasteiger partial charge < -0.3 is 10.0 Å². The summed E-state index contributed by atoms with van der Waals surface area (Å²) in [5.74, 6) is 0.247. The van der Waals surface area contributed by atoms with E-state index in [1.807, 2.05) is 59.5 Å². The van der Waals surface area contributed by atoms with Crippen LogP contribution in [0.25, 0.3) is 0 Å². The van der Waals surface area contributed by atoms with Crippen LogP contribution in [0.4, 0.5) is 0 Å². The molecule has 1 aromatic heterocycles. The fourth-order valence-electron chi connectivity index (χ4n) is 3.78. The zero-order valence-corrected chi connectivity index (χ0v) is 15.7. The highest BCUT2D eigenvalue weighted by molar-refractivity contribution is 5.94. The number of aliphatic hydroxyl groups excluding tert-OH is 1. The lowest BCUT2D eigenvalue weighted by molar-refractivity contribution is 0.0462. The smallest absolute Gasteiger partial charge is 0.253 e. The van der Waals surface area contributed by atoms with Crippen molar-refractivity contribution in [1.82, 2.24) is 19.7 Å². The minimum absolute atomic E-state index is 0.0555. The van der Waals surface area contributed by atoms with Crippen LogP contribution >= 0.6 is 0 Å². The minimum atomic E-state index is -0.463. The van der Waals surface area contributed by atoms with Gasteiger partial charge in [0.1, 0.15) is 12.7 Å². The van der Waals surface area contributed by atoms with E-state index in [4.69, 9.17) is 0 Å². The summed E-state index contributed by atoms with van der Waals surface area (Å²) >= 11 is 0. The SMILES string of the molecule is O=C(c1ccc(Cn2cncn2)cc1)N1CCC(C(O)c2ccccc2)CC1. The van der Waals surface area contributed by atoms with Gasteiger partial charge in [0, 0.05) is 18.7 Å². The predicted molar refractivity (Wildman–Crippen MR) is 106 cm³/mol. The van der Waals surface area contributed by atoms with Gasteiger partial charge in [-0.05, 0) is 42.0 Å². The Hall–Kier alpha value is -2.99. The minimum Gasteiger partial charge on any atom is -0.388 e. The molecule has 144 valence electrons. The molecule has 0 spiro atoms. The number of likely N-dealkylation sites (tertiary alicyclic amines) is 1. The third-order valence-electron chi connectivity index (χ3n) is 5.43. The molecule has 6 heteroatoms. The number of aromatic nitrogens is 3. The molecule has 1 amide bonds. The number of carbonyl (C=O) groups is 1. The Morgan fingerprint density at radius 2 is 1.79 bits per heavy atom. The van der Waals surface area contributed by atoms with Crippen molar-refractivity contribution in [2.24, 2.45) is 5.92 Å². The van der Waals surface area contributed by atoms with Crippen molar-refractivity contribution in [2.75, 3.05) is 13.1 Å². The number of hydrogen-bond donors (Lipinski definition) is 1. The maximum absolute atomic E-state index is 12.8. The second kappa shape index (κ2) is 8.35. The number of amides is 1. The molecule has 1 aliphatic heterocycles. The largest absolute Gasteiger partial charge is 0.388 e. The van der Waals surface area contributed by atoms with Gasteiger partial charge in [-0.2, -0.15) is 5.10 Å². The van der Waals surface area contributed by atoms with E-state index < -0.39 is 6.10 Å². The van der Waals surface area contributed by atoms with E-state index in [9.17, 15) is 9.90 Å². The van der Waals surface area contributed by atoms with Gasteiger partial charge in [-0.3, -0.25) is 4.79 Å². The van der Waals surface area contributed by atoms with Gasteiger partial charge in [0.25, 0.3) is 5.91 Å². The maximum Gasteiger partial charge on any atom is 0.253 e. The van der Waals surface area contributed by atoms with E-state index in [0.29, 0.717) is 25.2 Å². The van der Waals surface area contributed by atoms with Gasteiger partial charge in [0.2, 0.25) is 0 Å². The molecular weight excluding hydrogens is 352 g/mol. The Labute approximate surface area is 164 Å². The second-order valence-electron chi connectivity index (χ2n) is 7.28. The molecule has 3 aromatic rings. The van der Waals surface area contributed by atoms with Gasteiger partial charge >= 0.3 is 0 Å². The van der Waals surface area contributed by atoms with Crippen LogP contribution < -0.4 is 0 Å². The predicted octanol–water partition coefficient (Wildman–Crippen LogP) is 2.91. The first-order valence-corrected chi connectivity index (χ1v) is 9.64. The summed E-state index contributed by atoms with van der Waals surface area (Å²) in [6.45, 7) is 1.99. The number of rotatable bonds is 5. The van der Waals surface area contributed by atoms with Crippen molar-refractivity contribution in [3.8, 4) is 0 Å². The summed E-state index contributed by atoms with van der Waals surface area (Å²) in [4.78, 5) is 18.6. The molecule has 0 bridgehead atoms. The fraction of sp³-hybridized carbons (Fsp3) is 0.318. The van der Waals surface area contributed by atoms with Crippen molar-refractivity contribution in [2.45, 2.75) is 25.5 Å². The lowest BCUT2D eigenvalue weighted by Crippen LogP contribution is -2.39. The number of nitrogens with zero attached hydrogens (tertiary/aromatic N) is 4. The molecule has 1 aliphatic rings. The molecule has 1 saturated heterocycles. The highest BCUT2D eigenvalue weighted by atomic mass is 16.3. The van der Waals surface area contributed by atoms with Gasteiger partial charge in [0.15, 0.2) is 0 Å². The zero-order valence-electron chi connectivity index (χ0n) is 15.7. The molecule has 4 rings (SSSR count). The molecule has 2 heterocycles. The van der Waals surface area contributed by atoms with Crippen molar-refractivity contribution in [1.29, 1.82) is 0 Å². The maximum atomic E-state index is 12.8. The number of aliphatic hydroxyl groups is 1. The molecule has 0 saturated carbocycles. The molecular formula is C22H24N4O2. The van der Waals surface area contributed by atoms with E-state index in [0.717, 1.165) is 24.0 Å². The highest BCUT2D eigenvalue weighted by Gasteiger charge is 2.28. The summed E-state index contributed by atoms with van der Waals surface area (Å²) in [5.41, 5.74) is 2.73. The molecule has 28 heavy (non-hydrogen) atoms. The summed E-state index contributed by atoms with van der Waals surface area (Å²) < 4.78 is 1.75. The van der Waals surface area contributed by atoms with E-state index in [1.165, 1.54) is 6.33 Å². The van der Waals surface area contributed by atoms with Crippen LogP contribution in [0.2, 0.25) is 0 Å². The van der Waals surface area contributed by atoms with Crippen LogP contribution in [0.1, 0.15) is 40.4 Å². The topological polar surface area (TPSA) is 71.2 Å². The Bertz CT molecular complexity index is 886. The average Bonchev–Trinajstić information content (AvgIpc) is 3.27. The monoisotopic (exact) mass is 376 g/mol. The van der Waals surface area contributed by atoms with E-state index in [2.05, 4.69) is 10.1 Å². The first-order chi connectivity index (χ1) is 13.7. The third-order valence-corrected chi connectivity index (χ3v) is 5.43. The first kappa shape index (κ1) is 18.4. The van der Waals surface area contributed by atoms with Crippen molar-refractivity contribution < 1.29 is 9.90 Å². The lowest BCUT2D eigenvalue weighted by atomic mass is 9.87. The van der Waals surface area contributed by atoms with Gasteiger partial charge in [-0.1, -0.05) is 42.5 Å². The van der Waals surface area contributed by atoms with E-state index in [1.54, 1.807) is 11.0 Å². The number of hydrogen-bond acceptors (Lipinski definition) is 4. The van der Waals surface area contributed by atoms with Crippen LogP contribution in [0.15, 0.2) is 67.3 Å². The van der Waals surface area contributed by atoms with Crippen LogP contribution in [0, 0.1) is 5.92 Å².